The minimum Gasteiger partial charge on any atom is -0.444 e. The largest absolute Gasteiger partial charge is 0.444 e. The number of hydrogen-bond acceptors (Lipinski definition) is 7. The average molecular weight is 427 g/mol. The third-order valence-corrected chi connectivity index (χ3v) is 3.25. The Morgan fingerprint density at radius 2 is 1.43 bits per heavy atom. The van der Waals surface area contributed by atoms with Crippen LogP contribution in [0.2, 0.25) is 0 Å². The molecule has 170 valence electrons. The molecule has 1 N–H and O–H groups in total. The molecule has 0 fully saturated rings. The maximum atomic E-state index is 12.3. The Morgan fingerprint density at radius 1 is 0.867 bits per heavy atom. The van der Waals surface area contributed by atoms with Gasteiger partial charge in [-0.2, -0.15) is 0 Å². The second kappa shape index (κ2) is 17.5. The first-order chi connectivity index (χ1) is 14.3. The van der Waals surface area contributed by atoms with Gasteiger partial charge in [-0.05, 0) is 20.8 Å². The van der Waals surface area contributed by atoms with Gasteiger partial charge in [-0.25, -0.2) is 4.79 Å². The lowest BCUT2D eigenvalue weighted by atomic mass is 10.2. The Labute approximate surface area is 179 Å². The highest BCUT2D eigenvalue weighted by Gasteiger charge is 2.15. The van der Waals surface area contributed by atoms with Crippen LogP contribution in [-0.2, 0) is 28.5 Å². The van der Waals surface area contributed by atoms with Gasteiger partial charge in [0.15, 0.2) is 0 Å². The van der Waals surface area contributed by atoms with Crippen molar-refractivity contribution in [2.24, 2.45) is 0 Å². The summed E-state index contributed by atoms with van der Waals surface area (Å²) in [5, 5.41) is 2.58. The van der Waals surface area contributed by atoms with Gasteiger partial charge in [0.1, 0.15) is 25.4 Å². The molecule has 0 bridgehead atoms. The zero-order chi connectivity index (χ0) is 22.7. The molecule has 9 heteroatoms. The summed E-state index contributed by atoms with van der Waals surface area (Å²) in [6, 6.07) is 0. The number of terminal acetylenes is 2. The van der Waals surface area contributed by atoms with Gasteiger partial charge in [-0.1, -0.05) is 11.8 Å². The van der Waals surface area contributed by atoms with Crippen LogP contribution in [0.1, 0.15) is 20.8 Å². The lowest BCUT2D eigenvalue weighted by Crippen LogP contribution is -2.39. The minimum absolute atomic E-state index is 0.0935. The maximum Gasteiger partial charge on any atom is 0.407 e. The molecule has 0 radical (unpaired) electrons. The van der Waals surface area contributed by atoms with Crippen LogP contribution >= 0.6 is 0 Å². The van der Waals surface area contributed by atoms with Gasteiger partial charge in [0.05, 0.1) is 33.0 Å². The van der Waals surface area contributed by atoms with Crippen molar-refractivity contribution in [3.8, 4) is 24.7 Å². The Balaban J connectivity index is 3.93. The zero-order valence-electron chi connectivity index (χ0n) is 18.2. The quantitative estimate of drug-likeness (QED) is 0.286. The number of rotatable bonds is 16. The first-order valence-electron chi connectivity index (χ1n) is 9.72. The number of ether oxygens (including phenoxy) is 5. The molecule has 0 unspecified atom stereocenters. The molecule has 0 aliphatic rings. The Morgan fingerprint density at radius 3 is 1.97 bits per heavy atom. The SMILES string of the molecule is C#CCOCCN(CCOCC#C)C(=O)COCCOCCNC(=O)OC(C)(C)C. The van der Waals surface area contributed by atoms with Gasteiger partial charge in [0, 0.05) is 19.6 Å². The highest BCUT2D eigenvalue weighted by atomic mass is 16.6. The second-order valence-corrected chi connectivity index (χ2v) is 6.99. The van der Waals surface area contributed by atoms with Gasteiger partial charge in [0.2, 0.25) is 5.91 Å². The monoisotopic (exact) mass is 426 g/mol. The van der Waals surface area contributed by atoms with Crippen molar-refractivity contribution in [2.45, 2.75) is 26.4 Å². The summed E-state index contributed by atoms with van der Waals surface area (Å²) in [6.45, 7) is 8.19. The van der Waals surface area contributed by atoms with Crippen LogP contribution in [0.15, 0.2) is 0 Å². The fraction of sp³-hybridized carbons (Fsp3) is 0.714. The van der Waals surface area contributed by atoms with E-state index in [0.29, 0.717) is 46.1 Å². The molecule has 30 heavy (non-hydrogen) atoms. The molecule has 0 atom stereocenters. The Bertz CT molecular complexity index is 539. The predicted octanol–water partition coefficient (Wildman–Crippen LogP) is 0.673. The van der Waals surface area contributed by atoms with E-state index in [1.165, 1.54) is 0 Å². The van der Waals surface area contributed by atoms with E-state index in [1.807, 2.05) is 0 Å². The molecular formula is C21H34N2O7. The first kappa shape index (κ1) is 27.7. The number of nitrogens with one attached hydrogen (secondary N) is 1. The molecule has 0 aliphatic carbocycles. The molecule has 0 rings (SSSR count). The number of hydrogen-bond donors (Lipinski definition) is 1. The van der Waals surface area contributed by atoms with Crippen LogP contribution in [0.4, 0.5) is 4.79 Å². The van der Waals surface area contributed by atoms with Crippen molar-refractivity contribution in [3.05, 3.63) is 0 Å². The lowest BCUT2D eigenvalue weighted by molar-refractivity contribution is -0.138. The predicted molar refractivity (Wildman–Crippen MR) is 112 cm³/mol. The van der Waals surface area contributed by atoms with Gasteiger partial charge in [-0.15, -0.1) is 12.8 Å². The molecule has 0 spiro atoms. The van der Waals surface area contributed by atoms with Crippen molar-refractivity contribution in [1.29, 1.82) is 0 Å². The zero-order valence-corrected chi connectivity index (χ0v) is 18.2. The first-order valence-corrected chi connectivity index (χ1v) is 9.72. The molecule has 0 saturated carbocycles. The van der Waals surface area contributed by atoms with Crippen LogP contribution in [0.5, 0.6) is 0 Å². The number of alkyl carbamates (subject to hydrolysis) is 1. The standard InChI is InChI=1S/C21H34N2O7/c1-6-11-26-14-9-23(10-15-27-12-7-2)19(24)18-29-17-16-28-13-8-22-20(25)30-21(3,4)5/h1-2H,8-18H2,3-5H3,(H,22,25). The molecule has 0 aromatic carbocycles. The summed E-state index contributed by atoms with van der Waals surface area (Å²) in [7, 11) is 0. The summed E-state index contributed by atoms with van der Waals surface area (Å²) in [4.78, 5) is 25.3. The average Bonchev–Trinajstić information content (AvgIpc) is 2.67. The van der Waals surface area contributed by atoms with Gasteiger partial charge in [0.25, 0.3) is 0 Å². The van der Waals surface area contributed by atoms with E-state index in [4.69, 9.17) is 36.5 Å². The highest BCUT2D eigenvalue weighted by molar-refractivity contribution is 5.77. The van der Waals surface area contributed by atoms with E-state index in [2.05, 4.69) is 17.2 Å². The molecule has 0 aromatic rings. The Hall–Kier alpha value is -2.30. The van der Waals surface area contributed by atoms with Crippen LogP contribution in [0.3, 0.4) is 0 Å². The van der Waals surface area contributed by atoms with Crippen LogP contribution < -0.4 is 5.32 Å². The third kappa shape index (κ3) is 17.8. The van der Waals surface area contributed by atoms with Crippen LogP contribution in [0, 0.1) is 24.7 Å². The molecular weight excluding hydrogens is 392 g/mol. The second-order valence-electron chi connectivity index (χ2n) is 6.99. The maximum absolute atomic E-state index is 12.3. The fourth-order valence-electron chi connectivity index (χ4n) is 1.98. The van der Waals surface area contributed by atoms with Crippen LogP contribution in [-0.4, -0.2) is 95.0 Å². The van der Waals surface area contributed by atoms with E-state index in [0.717, 1.165) is 0 Å². The lowest BCUT2D eigenvalue weighted by Gasteiger charge is -2.22. The minimum atomic E-state index is -0.542. The molecule has 9 nitrogen and oxygen atoms in total. The highest BCUT2D eigenvalue weighted by Crippen LogP contribution is 2.06. The summed E-state index contributed by atoms with van der Waals surface area (Å²) >= 11 is 0. The van der Waals surface area contributed by atoms with E-state index in [1.54, 1.807) is 25.7 Å². The fourth-order valence-corrected chi connectivity index (χ4v) is 1.98. The van der Waals surface area contributed by atoms with Gasteiger partial charge >= 0.3 is 6.09 Å². The number of amides is 2. The van der Waals surface area contributed by atoms with Gasteiger partial charge < -0.3 is 33.9 Å². The van der Waals surface area contributed by atoms with Crippen molar-refractivity contribution < 1.29 is 33.3 Å². The normalized spacial score (nSPS) is 10.7. The molecule has 0 heterocycles. The smallest absolute Gasteiger partial charge is 0.407 e. The number of carbonyl (C=O) groups excluding carboxylic acids is 2. The van der Waals surface area contributed by atoms with E-state index < -0.39 is 11.7 Å². The summed E-state index contributed by atoms with van der Waals surface area (Å²) < 4.78 is 26.2. The summed E-state index contributed by atoms with van der Waals surface area (Å²) in [5.41, 5.74) is -0.542. The molecule has 2 amide bonds. The van der Waals surface area contributed by atoms with Crippen molar-refractivity contribution in [1.82, 2.24) is 10.2 Å². The summed E-state index contributed by atoms with van der Waals surface area (Å²) in [6.07, 6.45) is 9.76. The topological polar surface area (TPSA) is 95.6 Å². The van der Waals surface area contributed by atoms with Gasteiger partial charge in [-0.3, -0.25) is 4.79 Å². The van der Waals surface area contributed by atoms with Crippen molar-refractivity contribution in [3.63, 3.8) is 0 Å². The van der Waals surface area contributed by atoms with Crippen LogP contribution in [0.25, 0.3) is 0 Å². The van der Waals surface area contributed by atoms with E-state index in [-0.39, 0.29) is 32.3 Å². The van der Waals surface area contributed by atoms with Crippen molar-refractivity contribution in [2.75, 3.05) is 72.5 Å². The number of carbonyl (C=O) groups is 2. The van der Waals surface area contributed by atoms with E-state index >= 15 is 0 Å². The number of nitrogens with zero attached hydrogens (tertiary/aromatic N) is 1. The van der Waals surface area contributed by atoms with E-state index in [9.17, 15) is 9.59 Å². The summed E-state index contributed by atoms with van der Waals surface area (Å²) in [5.74, 6) is 4.54. The Kier molecular flexibility index (Phi) is 16.2. The molecule has 0 aliphatic heterocycles. The molecule has 0 aromatic heterocycles. The third-order valence-electron chi connectivity index (χ3n) is 3.25. The molecule has 0 saturated heterocycles. The van der Waals surface area contributed by atoms with Crippen molar-refractivity contribution >= 4 is 12.0 Å².